The van der Waals surface area contributed by atoms with Gasteiger partial charge in [0.1, 0.15) is 5.69 Å². The maximum absolute atomic E-state index is 10.1. The van der Waals surface area contributed by atoms with Crippen molar-refractivity contribution in [2.45, 2.75) is 52.4 Å². The molecule has 1 N–H and O–H groups in total. The second kappa shape index (κ2) is 13.0. The van der Waals surface area contributed by atoms with Crippen molar-refractivity contribution in [3.63, 3.8) is 0 Å². The number of rotatable bonds is 6. The molecule has 3 aromatic rings. The van der Waals surface area contributed by atoms with Gasteiger partial charge in [-0.25, -0.2) is 9.78 Å². The smallest absolute Gasteiger partial charge is 0.354 e. The van der Waals surface area contributed by atoms with Crippen molar-refractivity contribution in [2.75, 3.05) is 0 Å². The molecule has 0 fully saturated rings. The Morgan fingerprint density at radius 2 is 1.63 bits per heavy atom. The summed E-state index contributed by atoms with van der Waals surface area (Å²) in [6, 6.07) is 16.2. The van der Waals surface area contributed by atoms with Crippen LogP contribution in [-0.2, 0) is 20.1 Å². The van der Waals surface area contributed by atoms with Crippen LogP contribution in [0.3, 0.4) is 0 Å². The molecule has 3 heterocycles. The molecule has 0 spiro atoms. The summed E-state index contributed by atoms with van der Waals surface area (Å²) in [6.07, 6.45) is 5.45. The van der Waals surface area contributed by atoms with Crippen molar-refractivity contribution in [1.29, 1.82) is 0 Å². The Balaban J connectivity index is 0.000000379. The van der Waals surface area contributed by atoms with Crippen LogP contribution in [0.15, 0.2) is 54.9 Å². The van der Waals surface area contributed by atoms with Crippen molar-refractivity contribution in [3.05, 3.63) is 78.0 Å². The molecule has 30 heavy (non-hydrogen) atoms. The minimum absolute atomic E-state index is 0. The maximum atomic E-state index is 10.1. The standard InChI is InChI=1S/C18H23N2.C6H5NO2.Ir/c1-5-13(3)16-11-10-15(17-9-7-8-12-19-17)18(20-16)14(4)6-2;8-6(9)5-3-1-2-4-7-5;/h7-9,11-14H,5-6H2,1-4H3;1-4H,(H,8,9);/q-1;;. The summed E-state index contributed by atoms with van der Waals surface area (Å²) in [7, 11) is 0. The summed E-state index contributed by atoms with van der Waals surface area (Å²) in [6.45, 7) is 8.84. The molecule has 1 radical (unpaired) electrons. The number of carbonyl (C=O) groups is 1. The van der Waals surface area contributed by atoms with Crippen molar-refractivity contribution < 1.29 is 30.0 Å². The van der Waals surface area contributed by atoms with Gasteiger partial charge in [0.15, 0.2) is 0 Å². The van der Waals surface area contributed by atoms with Crippen LogP contribution >= 0.6 is 0 Å². The zero-order valence-corrected chi connectivity index (χ0v) is 20.2. The third-order valence-corrected chi connectivity index (χ3v) is 4.87. The average molecular weight is 583 g/mol. The fourth-order valence-electron chi connectivity index (χ4n) is 2.66. The van der Waals surface area contributed by atoms with Crippen LogP contribution in [0.2, 0.25) is 0 Å². The first kappa shape index (κ1) is 25.6. The second-order valence-electron chi connectivity index (χ2n) is 6.94. The van der Waals surface area contributed by atoms with Gasteiger partial charge < -0.3 is 15.1 Å². The van der Waals surface area contributed by atoms with E-state index >= 15 is 0 Å². The van der Waals surface area contributed by atoms with E-state index in [0.29, 0.717) is 11.8 Å². The molecule has 0 aliphatic heterocycles. The quantitative estimate of drug-likeness (QED) is 0.375. The van der Waals surface area contributed by atoms with Gasteiger partial charge in [-0.1, -0.05) is 58.7 Å². The molecule has 0 aromatic carbocycles. The molecule has 3 rings (SSSR count). The fourth-order valence-corrected chi connectivity index (χ4v) is 2.66. The van der Waals surface area contributed by atoms with Gasteiger partial charge in [0.25, 0.3) is 0 Å². The second-order valence-corrected chi connectivity index (χ2v) is 6.94. The Bertz CT molecular complexity index is 905. The summed E-state index contributed by atoms with van der Waals surface area (Å²) in [5.41, 5.74) is 4.36. The minimum Gasteiger partial charge on any atom is -0.477 e. The van der Waals surface area contributed by atoms with Crippen molar-refractivity contribution >= 4 is 5.97 Å². The Kier molecular flexibility index (Phi) is 11.1. The molecule has 0 aliphatic carbocycles. The first-order valence-corrected chi connectivity index (χ1v) is 9.96. The van der Waals surface area contributed by atoms with Crippen LogP contribution in [0.5, 0.6) is 0 Å². The molecular weight excluding hydrogens is 555 g/mol. The largest absolute Gasteiger partial charge is 0.477 e. The summed E-state index contributed by atoms with van der Waals surface area (Å²) < 4.78 is 0. The van der Waals surface area contributed by atoms with Crippen LogP contribution in [0.1, 0.15) is 74.2 Å². The SMILES string of the molecule is CCC(C)c1c[c-]c(-c2ccccn2)c(C(C)CC)n1.O=C(O)c1ccccn1.[Ir]. The Hall–Kier alpha value is -2.43. The monoisotopic (exact) mass is 583 g/mol. The molecule has 5 nitrogen and oxygen atoms in total. The average Bonchev–Trinajstić information content (AvgIpc) is 2.79. The fraction of sp³-hybridized carbons (Fsp3) is 0.333. The predicted octanol–water partition coefficient (Wildman–Crippen LogP) is 5.75. The van der Waals surface area contributed by atoms with E-state index in [1.54, 1.807) is 12.1 Å². The molecule has 6 heteroatoms. The van der Waals surface area contributed by atoms with E-state index in [-0.39, 0.29) is 25.8 Å². The molecule has 0 bridgehead atoms. The van der Waals surface area contributed by atoms with E-state index in [1.165, 1.54) is 12.3 Å². The minimum atomic E-state index is -0.990. The summed E-state index contributed by atoms with van der Waals surface area (Å²) in [5.74, 6) is -0.0882. The van der Waals surface area contributed by atoms with Gasteiger partial charge in [0.05, 0.1) is 0 Å². The summed E-state index contributed by atoms with van der Waals surface area (Å²) >= 11 is 0. The van der Waals surface area contributed by atoms with Crippen LogP contribution < -0.4 is 0 Å². The van der Waals surface area contributed by atoms with Crippen molar-refractivity contribution in [2.24, 2.45) is 0 Å². The number of nitrogens with zero attached hydrogens (tertiary/aromatic N) is 3. The number of pyridine rings is 3. The molecule has 3 aromatic heterocycles. The Morgan fingerprint density at radius 1 is 1.00 bits per heavy atom. The number of carboxylic acid groups (broad SMARTS) is 1. The van der Waals surface area contributed by atoms with Crippen LogP contribution in [0.4, 0.5) is 0 Å². The summed E-state index contributed by atoms with van der Waals surface area (Å²) in [5, 5.41) is 8.32. The number of aromatic carboxylic acids is 1. The van der Waals surface area contributed by atoms with Crippen LogP contribution in [-0.4, -0.2) is 26.0 Å². The van der Waals surface area contributed by atoms with Gasteiger partial charge in [-0.2, -0.15) is 0 Å². The van der Waals surface area contributed by atoms with Gasteiger partial charge in [-0.15, -0.1) is 17.7 Å². The van der Waals surface area contributed by atoms with Gasteiger partial charge in [-0.05, 0) is 47.1 Å². The van der Waals surface area contributed by atoms with E-state index in [1.807, 2.05) is 30.5 Å². The summed E-state index contributed by atoms with van der Waals surface area (Å²) in [4.78, 5) is 23.1. The number of carboxylic acids is 1. The molecule has 161 valence electrons. The zero-order valence-electron chi connectivity index (χ0n) is 17.8. The van der Waals surface area contributed by atoms with E-state index in [9.17, 15) is 4.79 Å². The van der Waals surface area contributed by atoms with Crippen molar-refractivity contribution in [1.82, 2.24) is 15.0 Å². The molecule has 2 atom stereocenters. The number of aromatic nitrogens is 3. The first-order valence-electron chi connectivity index (χ1n) is 9.96. The third kappa shape index (κ3) is 7.12. The molecule has 0 aliphatic rings. The van der Waals surface area contributed by atoms with E-state index < -0.39 is 5.97 Å². The van der Waals surface area contributed by atoms with Crippen molar-refractivity contribution in [3.8, 4) is 11.3 Å². The van der Waals surface area contributed by atoms with Gasteiger partial charge in [-0.3, -0.25) is 0 Å². The normalized spacial score (nSPS) is 12.0. The van der Waals surface area contributed by atoms with E-state index in [2.05, 4.69) is 43.7 Å². The predicted molar refractivity (Wildman–Crippen MR) is 115 cm³/mol. The van der Waals surface area contributed by atoms with E-state index in [4.69, 9.17) is 10.1 Å². The van der Waals surface area contributed by atoms with Crippen LogP contribution in [0, 0.1) is 6.07 Å². The Labute approximate surface area is 192 Å². The zero-order chi connectivity index (χ0) is 21.2. The third-order valence-electron chi connectivity index (χ3n) is 4.87. The Morgan fingerprint density at radius 3 is 2.10 bits per heavy atom. The number of hydrogen-bond acceptors (Lipinski definition) is 4. The topological polar surface area (TPSA) is 76.0 Å². The van der Waals surface area contributed by atoms with Crippen LogP contribution in [0.25, 0.3) is 11.3 Å². The molecule has 0 amide bonds. The maximum Gasteiger partial charge on any atom is 0.354 e. The van der Waals surface area contributed by atoms with Gasteiger partial charge in [0, 0.05) is 32.5 Å². The molecule has 0 saturated carbocycles. The first-order chi connectivity index (χ1) is 14.0. The van der Waals surface area contributed by atoms with E-state index in [0.717, 1.165) is 35.5 Å². The molecule has 2 unspecified atom stereocenters. The molecular formula is C24H28IrN3O2-. The molecule has 0 saturated heterocycles. The number of hydrogen-bond donors (Lipinski definition) is 1. The van der Waals surface area contributed by atoms with Gasteiger partial charge >= 0.3 is 5.97 Å². The van der Waals surface area contributed by atoms with Gasteiger partial charge in [0.2, 0.25) is 0 Å².